The fourth-order valence-electron chi connectivity index (χ4n) is 1.33. The van der Waals surface area contributed by atoms with Crippen LogP contribution in [0.5, 0.6) is 0 Å². The van der Waals surface area contributed by atoms with Gasteiger partial charge in [-0.25, -0.2) is 0 Å². The minimum Gasteiger partial charge on any atom is -0.379 e. The van der Waals surface area contributed by atoms with Crippen LogP contribution in [-0.2, 0) is 4.79 Å². The predicted molar refractivity (Wildman–Crippen MR) is 69.9 cm³/mol. The van der Waals surface area contributed by atoms with Gasteiger partial charge in [0.05, 0.1) is 4.92 Å². The largest absolute Gasteiger partial charge is 0.379 e. The molecule has 0 heterocycles. The molecular weight excluding hydrogens is 258 g/mol. The Hall–Kier alpha value is -1.82. The third-order valence-corrected chi connectivity index (χ3v) is 2.54. The van der Waals surface area contributed by atoms with E-state index in [0.717, 1.165) is 0 Å². The summed E-state index contributed by atoms with van der Waals surface area (Å²) in [7, 11) is 3.32. The van der Waals surface area contributed by atoms with Gasteiger partial charge in [0.25, 0.3) is 5.69 Å². The number of carbonyl (C=O) groups is 1. The molecule has 0 saturated carbocycles. The number of carbonyl (C=O) groups excluding carboxylic acids is 1. The smallest absolute Gasteiger partial charge is 0.293 e. The van der Waals surface area contributed by atoms with Crippen molar-refractivity contribution in [1.29, 1.82) is 0 Å². The van der Waals surface area contributed by atoms with Gasteiger partial charge >= 0.3 is 0 Å². The van der Waals surface area contributed by atoms with Crippen molar-refractivity contribution in [1.82, 2.24) is 4.90 Å². The Kier molecular flexibility index (Phi) is 4.91. The number of amides is 1. The van der Waals surface area contributed by atoms with E-state index in [4.69, 9.17) is 11.6 Å². The summed E-state index contributed by atoms with van der Waals surface area (Å²) in [6.07, 6.45) is 0.271. The van der Waals surface area contributed by atoms with Crippen molar-refractivity contribution < 1.29 is 9.72 Å². The van der Waals surface area contributed by atoms with Crippen molar-refractivity contribution in [2.45, 2.75) is 6.42 Å². The van der Waals surface area contributed by atoms with Gasteiger partial charge in [0.1, 0.15) is 5.69 Å². The number of nitro groups is 1. The molecule has 0 aliphatic heterocycles. The Morgan fingerprint density at radius 1 is 1.50 bits per heavy atom. The molecule has 98 valence electrons. The van der Waals surface area contributed by atoms with Crippen LogP contribution in [0.15, 0.2) is 18.2 Å². The second-order valence-corrected chi connectivity index (χ2v) is 4.32. The van der Waals surface area contributed by atoms with Gasteiger partial charge in [-0.2, -0.15) is 0 Å². The van der Waals surface area contributed by atoms with Crippen molar-refractivity contribution in [3.63, 3.8) is 0 Å². The Bertz CT molecular complexity index is 463. The van der Waals surface area contributed by atoms with Gasteiger partial charge in [-0.1, -0.05) is 11.6 Å². The lowest BCUT2D eigenvalue weighted by molar-refractivity contribution is -0.383. The Morgan fingerprint density at radius 3 is 2.72 bits per heavy atom. The molecule has 1 aromatic rings. The lowest BCUT2D eigenvalue weighted by Crippen LogP contribution is -2.24. The minimum atomic E-state index is -0.512. The molecule has 0 aromatic heterocycles. The summed E-state index contributed by atoms with van der Waals surface area (Å²) >= 11 is 5.69. The highest BCUT2D eigenvalue weighted by Crippen LogP contribution is 2.27. The highest BCUT2D eigenvalue weighted by Gasteiger charge is 2.14. The van der Waals surface area contributed by atoms with E-state index in [1.54, 1.807) is 20.2 Å². The number of benzene rings is 1. The van der Waals surface area contributed by atoms with E-state index in [9.17, 15) is 14.9 Å². The minimum absolute atomic E-state index is 0.0425. The fraction of sp³-hybridized carbons (Fsp3) is 0.364. The van der Waals surface area contributed by atoms with Gasteiger partial charge in [0.15, 0.2) is 0 Å². The van der Waals surface area contributed by atoms with E-state index in [1.807, 2.05) is 0 Å². The molecule has 0 aliphatic carbocycles. The third kappa shape index (κ3) is 3.89. The normalized spacial score (nSPS) is 9.94. The first kappa shape index (κ1) is 14.2. The maximum Gasteiger partial charge on any atom is 0.293 e. The summed E-state index contributed by atoms with van der Waals surface area (Å²) in [4.78, 5) is 23.1. The molecule has 0 bridgehead atoms. The van der Waals surface area contributed by atoms with Crippen LogP contribution in [0.1, 0.15) is 6.42 Å². The maximum atomic E-state index is 11.3. The van der Waals surface area contributed by atoms with E-state index < -0.39 is 4.92 Å². The van der Waals surface area contributed by atoms with E-state index in [0.29, 0.717) is 17.3 Å². The lowest BCUT2D eigenvalue weighted by atomic mass is 10.2. The zero-order chi connectivity index (χ0) is 13.7. The summed E-state index contributed by atoms with van der Waals surface area (Å²) < 4.78 is 0. The molecule has 6 nitrogen and oxygen atoms in total. The fourth-order valence-corrected chi connectivity index (χ4v) is 1.50. The van der Waals surface area contributed by atoms with Gasteiger partial charge in [-0.05, 0) is 12.1 Å². The van der Waals surface area contributed by atoms with E-state index in [1.165, 1.54) is 17.0 Å². The van der Waals surface area contributed by atoms with Crippen LogP contribution < -0.4 is 5.32 Å². The molecule has 1 rings (SSSR count). The van der Waals surface area contributed by atoms with Crippen molar-refractivity contribution in [2.24, 2.45) is 0 Å². The highest BCUT2D eigenvalue weighted by atomic mass is 35.5. The molecule has 0 saturated heterocycles. The van der Waals surface area contributed by atoms with Crippen LogP contribution in [0.3, 0.4) is 0 Å². The average Bonchev–Trinajstić information content (AvgIpc) is 2.30. The molecule has 0 unspecified atom stereocenters. The molecular formula is C11H14ClN3O3. The molecule has 0 radical (unpaired) electrons. The van der Waals surface area contributed by atoms with E-state index in [-0.39, 0.29) is 18.0 Å². The molecule has 18 heavy (non-hydrogen) atoms. The SMILES string of the molecule is CN(C)C(=O)CCNc1ccc(Cl)cc1[N+](=O)[O-]. The number of anilines is 1. The number of rotatable bonds is 5. The number of hydrogen-bond donors (Lipinski definition) is 1. The van der Waals surface area contributed by atoms with Gasteiger partial charge < -0.3 is 10.2 Å². The standard InChI is InChI=1S/C11H14ClN3O3/c1-14(2)11(16)5-6-13-9-4-3-8(12)7-10(9)15(17)18/h3-4,7,13H,5-6H2,1-2H3. The summed E-state index contributed by atoms with van der Waals surface area (Å²) in [6.45, 7) is 0.333. The Labute approximate surface area is 110 Å². The van der Waals surface area contributed by atoms with Crippen molar-refractivity contribution >= 4 is 28.9 Å². The number of hydrogen-bond acceptors (Lipinski definition) is 4. The van der Waals surface area contributed by atoms with Crippen molar-refractivity contribution in [3.05, 3.63) is 33.3 Å². The second-order valence-electron chi connectivity index (χ2n) is 3.88. The molecule has 1 aromatic carbocycles. The molecule has 0 spiro atoms. The first-order chi connectivity index (χ1) is 8.41. The summed E-state index contributed by atoms with van der Waals surface area (Å²) in [5.74, 6) is -0.0425. The molecule has 0 fully saturated rings. The third-order valence-electron chi connectivity index (χ3n) is 2.31. The van der Waals surface area contributed by atoms with E-state index in [2.05, 4.69) is 5.32 Å². The summed E-state index contributed by atoms with van der Waals surface area (Å²) in [5, 5.41) is 14.0. The quantitative estimate of drug-likeness (QED) is 0.658. The van der Waals surface area contributed by atoms with Gasteiger partial charge in [0, 0.05) is 38.1 Å². The molecule has 0 atom stereocenters. The topological polar surface area (TPSA) is 75.5 Å². The van der Waals surface area contributed by atoms with Gasteiger partial charge in [-0.3, -0.25) is 14.9 Å². The number of nitrogens with one attached hydrogen (secondary N) is 1. The molecule has 0 aliphatic rings. The number of nitro benzene ring substituents is 1. The van der Waals surface area contributed by atoms with Crippen LogP contribution >= 0.6 is 11.6 Å². The maximum absolute atomic E-state index is 11.3. The van der Waals surface area contributed by atoms with E-state index >= 15 is 0 Å². The van der Waals surface area contributed by atoms with Crippen molar-refractivity contribution in [3.8, 4) is 0 Å². The number of nitrogens with zero attached hydrogens (tertiary/aromatic N) is 2. The van der Waals surface area contributed by atoms with Crippen LogP contribution in [0, 0.1) is 10.1 Å². The number of halogens is 1. The average molecular weight is 272 g/mol. The zero-order valence-electron chi connectivity index (χ0n) is 10.1. The van der Waals surface area contributed by atoms with Crippen molar-refractivity contribution in [2.75, 3.05) is 26.0 Å². The van der Waals surface area contributed by atoms with Crippen LogP contribution in [0.4, 0.5) is 11.4 Å². The lowest BCUT2D eigenvalue weighted by Gasteiger charge is -2.11. The second kappa shape index (κ2) is 6.20. The molecule has 7 heteroatoms. The summed E-state index contributed by atoms with van der Waals surface area (Å²) in [5.41, 5.74) is 0.260. The van der Waals surface area contributed by atoms with Gasteiger partial charge in [-0.15, -0.1) is 0 Å². The first-order valence-electron chi connectivity index (χ1n) is 5.30. The van der Waals surface area contributed by atoms with Crippen LogP contribution in [-0.4, -0.2) is 36.4 Å². The Balaban J connectivity index is 2.68. The van der Waals surface area contributed by atoms with Crippen LogP contribution in [0.25, 0.3) is 0 Å². The summed E-state index contributed by atoms with van der Waals surface area (Å²) in [6, 6.07) is 4.36. The molecule has 1 N–H and O–H groups in total. The zero-order valence-corrected chi connectivity index (χ0v) is 10.9. The molecule has 1 amide bonds. The highest BCUT2D eigenvalue weighted by molar-refractivity contribution is 6.30. The first-order valence-corrected chi connectivity index (χ1v) is 5.67. The Morgan fingerprint density at radius 2 is 2.17 bits per heavy atom. The monoisotopic (exact) mass is 271 g/mol. The predicted octanol–water partition coefficient (Wildman–Crippen LogP) is 2.14. The van der Waals surface area contributed by atoms with Gasteiger partial charge in [0.2, 0.25) is 5.91 Å². The van der Waals surface area contributed by atoms with Crippen LogP contribution in [0.2, 0.25) is 5.02 Å².